The van der Waals surface area contributed by atoms with Crippen LogP contribution in [-0.2, 0) is 19.1 Å². The maximum absolute atomic E-state index is 11.4. The largest absolute Gasteiger partial charge is 0.468 e. The van der Waals surface area contributed by atoms with Crippen molar-refractivity contribution in [2.75, 3.05) is 14.2 Å². The third kappa shape index (κ3) is 3.36. The highest BCUT2D eigenvalue weighted by Gasteiger charge is 2.27. The molecule has 0 spiro atoms. The normalized spacial score (nSPS) is 15.8. The fourth-order valence-corrected chi connectivity index (χ4v) is 1.89. The van der Waals surface area contributed by atoms with E-state index in [4.69, 9.17) is 0 Å². The first kappa shape index (κ1) is 12.7. The average Bonchev–Trinajstić information content (AvgIpc) is 2.35. The summed E-state index contributed by atoms with van der Waals surface area (Å²) < 4.78 is 9.19. The number of ether oxygens (including phenoxy) is 2. The molecule has 0 aromatic carbocycles. The molecule has 0 bridgehead atoms. The molecule has 0 heterocycles. The smallest absolute Gasteiger partial charge is 0.323 e. The van der Waals surface area contributed by atoms with E-state index >= 15 is 0 Å². The summed E-state index contributed by atoms with van der Waals surface area (Å²) in [4.78, 5) is 22.8. The molecule has 0 aliphatic heterocycles. The molecule has 90 valence electrons. The van der Waals surface area contributed by atoms with Gasteiger partial charge in [0.1, 0.15) is 0 Å². The van der Waals surface area contributed by atoms with Gasteiger partial charge in [-0.2, -0.15) is 0 Å². The summed E-state index contributed by atoms with van der Waals surface area (Å²) in [5.74, 6) is -2.00. The molecule has 0 amide bonds. The maximum Gasteiger partial charge on any atom is 0.323 e. The first-order valence-electron chi connectivity index (χ1n) is 5.54. The molecule has 16 heavy (non-hydrogen) atoms. The molecule has 1 fully saturated rings. The average molecular weight is 226 g/mol. The van der Waals surface area contributed by atoms with Crippen LogP contribution in [0.4, 0.5) is 0 Å². The summed E-state index contributed by atoms with van der Waals surface area (Å²) in [5, 5.41) is 0. The van der Waals surface area contributed by atoms with Gasteiger partial charge in [-0.05, 0) is 25.7 Å². The van der Waals surface area contributed by atoms with Gasteiger partial charge in [-0.1, -0.05) is 18.1 Å². The lowest BCUT2D eigenvalue weighted by Gasteiger charge is -2.16. The van der Waals surface area contributed by atoms with E-state index in [-0.39, 0.29) is 0 Å². The number of rotatable bonds is 3. The minimum atomic E-state index is -0.900. The van der Waals surface area contributed by atoms with Gasteiger partial charge in [0.05, 0.1) is 14.2 Å². The number of hydrogen-bond donors (Lipinski definition) is 0. The summed E-state index contributed by atoms with van der Waals surface area (Å²) in [6.45, 7) is 0. The van der Waals surface area contributed by atoms with Crippen LogP contribution in [0.15, 0.2) is 11.6 Å². The molecule has 0 atom stereocenters. The van der Waals surface area contributed by atoms with E-state index in [1.54, 1.807) is 6.08 Å². The zero-order chi connectivity index (χ0) is 12.0. The third-order valence-electron chi connectivity index (χ3n) is 2.81. The van der Waals surface area contributed by atoms with E-state index in [0.717, 1.165) is 31.3 Å². The van der Waals surface area contributed by atoms with Gasteiger partial charge >= 0.3 is 11.9 Å². The zero-order valence-corrected chi connectivity index (χ0v) is 9.82. The Morgan fingerprint density at radius 2 is 1.56 bits per heavy atom. The van der Waals surface area contributed by atoms with E-state index in [2.05, 4.69) is 9.47 Å². The molecule has 0 aromatic heterocycles. The lowest BCUT2D eigenvalue weighted by Crippen LogP contribution is -2.25. The van der Waals surface area contributed by atoms with Crippen molar-refractivity contribution in [1.82, 2.24) is 0 Å². The lowest BCUT2D eigenvalue weighted by molar-refractivity contribution is -0.156. The van der Waals surface area contributed by atoms with Crippen LogP contribution < -0.4 is 0 Å². The number of methoxy groups -OCH3 is 2. The van der Waals surface area contributed by atoms with Gasteiger partial charge in [0.25, 0.3) is 0 Å². The molecule has 1 rings (SSSR count). The second-order valence-corrected chi connectivity index (χ2v) is 3.91. The first-order valence-corrected chi connectivity index (χ1v) is 5.54. The van der Waals surface area contributed by atoms with Crippen molar-refractivity contribution in [3.63, 3.8) is 0 Å². The van der Waals surface area contributed by atoms with Crippen molar-refractivity contribution >= 4 is 11.9 Å². The minimum Gasteiger partial charge on any atom is -0.468 e. The first-order chi connectivity index (χ1) is 7.69. The highest BCUT2D eigenvalue weighted by atomic mass is 16.5. The quantitative estimate of drug-likeness (QED) is 0.418. The molecule has 1 saturated carbocycles. The number of hydrogen-bond acceptors (Lipinski definition) is 4. The van der Waals surface area contributed by atoms with Crippen LogP contribution in [0, 0.1) is 5.92 Å². The van der Waals surface area contributed by atoms with Crippen LogP contribution in [-0.4, -0.2) is 26.2 Å². The van der Waals surface area contributed by atoms with Crippen LogP contribution in [0.1, 0.15) is 32.1 Å². The topological polar surface area (TPSA) is 52.6 Å². The number of allylic oxidation sites excluding steroid dienone is 1. The van der Waals surface area contributed by atoms with E-state index in [1.807, 2.05) is 0 Å². The van der Waals surface area contributed by atoms with Gasteiger partial charge in [0, 0.05) is 0 Å². The third-order valence-corrected chi connectivity index (χ3v) is 2.81. The Balaban J connectivity index is 2.75. The monoisotopic (exact) mass is 226 g/mol. The Morgan fingerprint density at radius 1 is 1.06 bits per heavy atom. The summed E-state index contributed by atoms with van der Waals surface area (Å²) in [5.41, 5.74) is 1.16. The summed E-state index contributed by atoms with van der Waals surface area (Å²) >= 11 is 0. The second kappa shape index (κ2) is 6.30. The van der Waals surface area contributed by atoms with Gasteiger partial charge in [-0.15, -0.1) is 0 Å². The fourth-order valence-electron chi connectivity index (χ4n) is 1.89. The molecule has 0 unspecified atom stereocenters. The lowest BCUT2D eigenvalue weighted by atomic mass is 9.92. The van der Waals surface area contributed by atoms with Crippen LogP contribution in [0.25, 0.3) is 0 Å². The standard InChI is InChI=1S/C12H18O4/c1-15-11(13)10(12(14)16-2)8-9-6-4-3-5-7-9/h8,10H,3-7H2,1-2H3. The van der Waals surface area contributed by atoms with Gasteiger partial charge in [0.2, 0.25) is 0 Å². The Kier molecular flexibility index (Phi) is 5.02. The van der Waals surface area contributed by atoms with Crippen molar-refractivity contribution in [1.29, 1.82) is 0 Å². The van der Waals surface area contributed by atoms with Crippen LogP contribution in [0.3, 0.4) is 0 Å². The number of carbonyl (C=O) groups excluding carboxylic acids is 2. The second-order valence-electron chi connectivity index (χ2n) is 3.91. The number of carbonyl (C=O) groups is 2. The molecule has 0 saturated heterocycles. The Bertz CT molecular complexity index is 269. The predicted molar refractivity (Wildman–Crippen MR) is 58.7 cm³/mol. The zero-order valence-electron chi connectivity index (χ0n) is 9.82. The molecule has 4 nitrogen and oxygen atoms in total. The minimum absolute atomic E-state index is 0.551. The molecule has 0 N–H and O–H groups in total. The fraction of sp³-hybridized carbons (Fsp3) is 0.667. The van der Waals surface area contributed by atoms with Gasteiger partial charge in [0.15, 0.2) is 5.92 Å². The molecule has 0 aromatic rings. The SMILES string of the molecule is COC(=O)C(C=C1CCCCC1)C(=O)OC. The van der Waals surface area contributed by atoms with Crippen molar-refractivity contribution in [2.45, 2.75) is 32.1 Å². The van der Waals surface area contributed by atoms with Crippen molar-refractivity contribution in [2.24, 2.45) is 5.92 Å². The summed E-state index contributed by atoms with van der Waals surface area (Å²) in [7, 11) is 2.55. The Labute approximate surface area is 95.6 Å². The molecule has 4 heteroatoms. The van der Waals surface area contributed by atoms with Crippen LogP contribution in [0.5, 0.6) is 0 Å². The highest BCUT2D eigenvalue weighted by Crippen LogP contribution is 2.24. The molecular formula is C12H18O4. The summed E-state index contributed by atoms with van der Waals surface area (Å²) in [6, 6.07) is 0. The van der Waals surface area contributed by atoms with E-state index in [9.17, 15) is 9.59 Å². The van der Waals surface area contributed by atoms with Crippen molar-refractivity contribution in [3.8, 4) is 0 Å². The van der Waals surface area contributed by atoms with Gasteiger partial charge in [-0.25, -0.2) is 0 Å². The van der Waals surface area contributed by atoms with Crippen LogP contribution in [0.2, 0.25) is 0 Å². The van der Waals surface area contributed by atoms with Gasteiger partial charge < -0.3 is 9.47 Å². The highest BCUT2D eigenvalue weighted by molar-refractivity contribution is 5.97. The Morgan fingerprint density at radius 3 is 2.00 bits per heavy atom. The van der Waals surface area contributed by atoms with Crippen molar-refractivity contribution < 1.29 is 19.1 Å². The molecule has 1 aliphatic rings. The van der Waals surface area contributed by atoms with Crippen molar-refractivity contribution in [3.05, 3.63) is 11.6 Å². The molecular weight excluding hydrogens is 208 g/mol. The number of esters is 2. The molecule has 0 radical (unpaired) electrons. The maximum atomic E-state index is 11.4. The predicted octanol–water partition coefficient (Wildman–Crippen LogP) is 1.84. The van der Waals surface area contributed by atoms with Gasteiger partial charge in [-0.3, -0.25) is 9.59 Å². The Hall–Kier alpha value is -1.32. The molecule has 1 aliphatic carbocycles. The summed E-state index contributed by atoms with van der Waals surface area (Å²) in [6.07, 6.45) is 7.10. The van der Waals surface area contributed by atoms with E-state index in [1.165, 1.54) is 20.6 Å². The van der Waals surface area contributed by atoms with Crippen LogP contribution >= 0.6 is 0 Å². The van der Waals surface area contributed by atoms with E-state index < -0.39 is 17.9 Å². The van der Waals surface area contributed by atoms with E-state index in [0.29, 0.717) is 0 Å².